The van der Waals surface area contributed by atoms with E-state index in [4.69, 9.17) is 0 Å². The van der Waals surface area contributed by atoms with Crippen LogP contribution in [-0.4, -0.2) is 22.3 Å². The fourth-order valence-corrected chi connectivity index (χ4v) is 3.54. The maximum atomic E-state index is 11.5. The molecule has 0 bridgehead atoms. The molecule has 2 aromatic heterocycles. The number of thioether (sulfide) groups is 1. The summed E-state index contributed by atoms with van der Waals surface area (Å²) in [5.74, 6) is -0.906. The lowest BCUT2D eigenvalue weighted by molar-refractivity contribution is 0.0703. The molecule has 0 saturated heterocycles. The van der Waals surface area contributed by atoms with Crippen LogP contribution in [0.1, 0.15) is 9.67 Å². The number of hydrogen-bond donors (Lipinski definition) is 1. The SMILES string of the molecule is CSc1ccc(-c2c(C(=O)O)sc3ncccc23)cc1. The molecule has 0 spiro atoms. The maximum absolute atomic E-state index is 11.5. The first kappa shape index (κ1) is 13.1. The highest BCUT2D eigenvalue weighted by Crippen LogP contribution is 2.38. The summed E-state index contributed by atoms with van der Waals surface area (Å²) in [4.78, 5) is 18.0. The molecular weight excluding hydrogens is 290 g/mol. The second-order valence-electron chi connectivity index (χ2n) is 4.20. The zero-order valence-electron chi connectivity index (χ0n) is 10.7. The number of pyridine rings is 1. The summed E-state index contributed by atoms with van der Waals surface area (Å²) in [7, 11) is 0. The highest BCUT2D eigenvalue weighted by Gasteiger charge is 2.19. The van der Waals surface area contributed by atoms with E-state index in [1.54, 1.807) is 18.0 Å². The Hall–Kier alpha value is -1.85. The maximum Gasteiger partial charge on any atom is 0.346 e. The molecule has 0 aliphatic rings. The van der Waals surface area contributed by atoms with E-state index in [0.29, 0.717) is 4.88 Å². The van der Waals surface area contributed by atoms with Gasteiger partial charge in [0.1, 0.15) is 9.71 Å². The molecule has 0 aliphatic heterocycles. The van der Waals surface area contributed by atoms with Crippen molar-refractivity contribution in [2.24, 2.45) is 0 Å². The minimum absolute atomic E-state index is 0.343. The van der Waals surface area contributed by atoms with Gasteiger partial charge in [0.2, 0.25) is 0 Å². The third kappa shape index (κ3) is 2.19. The van der Waals surface area contributed by atoms with Crippen molar-refractivity contribution in [3.63, 3.8) is 0 Å². The van der Waals surface area contributed by atoms with Crippen LogP contribution in [0.3, 0.4) is 0 Å². The van der Waals surface area contributed by atoms with Crippen molar-refractivity contribution >= 4 is 39.3 Å². The van der Waals surface area contributed by atoms with Crippen LogP contribution in [0.15, 0.2) is 47.5 Å². The van der Waals surface area contributed by atoms with E-state index < -0.39 is 5.97 Å². The zero-order chi connectivity index (χ0) is 14.1. The minimum atomic E-state index is -0.906. The molecule has 0 aliphatic carbocycles. The quantitative estimate of drug-likeness (QED) is 0.729. The first-order valence-electron chi connectivity index (χ1n) is 5.96. The number of aromatic nitrogens is 1. The van der Waals surface area contributed by atoms with Crippen molar-refractivity contribution in [2.75, 3.05) is 6.26 Å². The van der Waals surface area contributed by atoms with Crippen molar-refractivity contribution in [2.45, 2.75) is 4.90 Å². The third-order valence-electron chi connectivity index (χ3n) is 3.04. The number of carboxylic acids is 1. The monoisotopic (exact) mass is 301 g/mol. The summed E-state index contributed by atoms with van der Waals surface area (Å²) in [5, 5.41) is 10.3. The average Bonchev–Trinajstić information content (AvgIpc) is 2.87. The number of benzene rings is 1. The van der Waals surface area contributed by atoms with Crippen molar-refractivity contribution in [3.8, 4) is 11.1 Å². The Kier molecular flexibility index (Phi) is 3.46. The Bertz CT molecular complexity index is 778. The van der Waals surface area contributed by atoms with Gasteiger partial charge >= 0.3 is 5.97 Å². The van der Waals surface area contributed by atoms with E-state index in [1.165, 1.54) is 11.3 Å². The second-order valence-corrected chi connectivity index (χ2v) is 6.07. The van der Waals surface area contributed by atoms with E-state index in [1.807, 2.05) is 42.7 Å². The van der Waals surface area contributed by atoms with Crippen LogP contribution in [0, 0.1) is 0 Å². The fraction of sp³-hybridized carbons (Fsp3) is 0.0667. The van der Waals surface area contributed by atoms with Crippen LogP contribution >= 0.6 is 23.1 Å². The third-order valence-corrected chi connectivity index (χ3v) is 4.88. The number of fused-ring (bicyclic) bond motifs is 1. The Morgan fingerprint density at radius 1 is 1.25 bits per heavy atom. The molecule has 0 radical (unpaired) electrons. The van der Waals surface area contributed by atoms with E-state index in [2.05, 4.69) is 4.98 Å². The van der Waals surface area contributed by atoms with Gasteiger partial charge in [-0.2, -0.15) is 0 Å². The number of carbonyl (C=O) groups is 1. The molecule has 20 heavy (non-hydrogen) atoms. The number of hydrogen-bond acceptors (Lipinski definition) is 4. The van der Waals surface area contributed by atoms with Crippen LogP contribution in [0.5, 0.6) is 0 Å². The summed E-state index contributed by atoms with van der Waals surface area (Å²) >= 11 is 2.88. The van der Waals surface area contributed by atoms with Gasteiger partial charge in [-0.15, -0.1) is 23.1 Å². The predicted octanol–water partition coefficient (Wildman–Crippen LogP) is 4.38. The smallest absolute Gasteiger partial charge is 0.346 e. The van der Waals surface area contributed by atoms with Gasteiger partial charge in [-0.25, -0.2) is 9.78 Å². The van der Waals surface area contributed by atoms with Crippen LogP contribution in [0.25, 0.3) is 21.3 Å². The fourth-order valence-electron chi connectivity index (χ4n) is 2.13. The molecule has 1 aromatic carbocycles. The van der Waals surface area contributed by atoms with E-state index in [9.17, 15) is 9.90 Å². The van der Waals surface area contributed by atoms with E-state index in [-0.39, 0.29) is 0 Å². The van der Waals surface area contributed by atoms with Crippen molar-refractivity contribution in [1.82, 2.24) is 4.98 Å². The summed E-state index contributed by atoms with van der Waals surface area (Å²) in [6.45, 7) is 0. The van der Waals surface area contributed by atoms with Crippen LogP contribution in [-0.2, 0) is 0 Å². The zero-order valence-corrected chi connectivity index (χ0v) is 12.3. The van der Waals surface area contributed by atoms with Gasteiger partial charge in [0.25, 0.3) is 0 Å². The summed E-state index contributed by atoms with van der Waals surface area (Å²) in [6, 6.07) is 11.7. The van der Waals surface area contributed by atoms with Crippen molar-refractivity contribution in [3.05, 3.63) is 47.5 Å². The highest BCUT2D eigenvalue weighted by molar-refractivity contribution is 7.98. The van der Waals surface area contributed by atoms with Gasteiger partial charge in [-0.05, 0) is 36.1 Å². The predicted molar refractivity (Wildman–Crippen MR) is 83.8 cm³/mol. The largest absolute Gasteiger partial charge is 0.477 e. The summed E-state index contributed by atoms with van der Waals surface area (Å²) in [6.07, 6.45) is 3.70. The van der Waals surface area contributed by atoms with Crippen LogP contribution in [0.4, 0.5) is 0 Å². The first-order chi connectivity index (χ1) is 9.70. The summed E-state index contributed by atoms with van der Waals surface area (Å²) < 4.78 is 0. The number of nitrogens with zero attached hydrogens (tertiary/aromatic N) is 1. The van der Waals surface area contributed by atoms with Crippen molar-refractivity contribution in [1.29, 1.82) is 0 Å². The number of rotatable bonds is 3. The molecule has 3 rings (SSSR count). The average molecular weight is 301 g/mol. The molecule has 0 unspecified atom stereocenters. The molecule has 5 heteroatoms. The molecule has 0 atom stereocenters. The lowest BCUT2D eigenvalue weighted by Crippen LogP contribution is -1.94. The molecule has 100 valence electrons. The number of aromatic carboxylic acids is 1. The first-order valence-corrected chi connectivity index (χ1v) is 8.00. The molecule has 3 nitrogen and oxygen atoms in total. The Balaban J connectivity index is 2.27. The highest BCUT2D eigenvalue weighted by atomic mass is 32.2. The standard InChI is InChI=1S/C15H11NO2S2/c1-19-10-6-4-9(5-7-10)12-11-3-2-8-16-14(11)20-13(12)15(17)18/h2-8H,1H3,(H,17,18). The molecule has 0 saturated carbocycles. The van der Waals surface area contributed by atoms with Crippen molar-refractivity contribution < 1.29 is 9.90 Å². The van der Waals surface area contributed by atoms with Gasteiger partial charge in [-0.3, -0.25) is 0 Å². The molecule has 2 heterocycles. The van der Waals surface area contributed by atoms with Crippen LogP contribution < -0.4 is 0 Å². The summed E-state index contributed by atoms with van der Waals surface area (Å²) in [5.41, 5.74) is 1.68. The topological polar surface area (TPSA) is 50.2 Å². The Morgan fingerprint density at radius 3 is 2.65 bits per heavy atom. The van der Waals surface area contributed by atoms with Gasteiger partial charge < -0.3 is 5.11 Å². The Labute approximate surface area is 124 Å². The minimum Gasteiger partial charge on any atom is -0.477 e. The molecule has 3 aromatic rings. The molecule has 1 N–H and O–H groups in total. The molecule has 0 fully saturated rings. The van der Waals surface area contributed by atoms with Gasteiger partial charge in [0.15, 0.2) is 0 Å². The molecular formula is C15H11NO2S2. The Morgan fingerprint density at radius 2 is 2.00 bits per heavy atom. The second kappa shape index (κ2) is 5.26. The molecule has 0 amide bonds. The van der Waals surface area contributed by atoms with Gasteiger partial charge in [0.05, 0.1) is 0 Å². The normalized spacial score (nSPS) is 10.8. The van der Waals surface area contributed by atoms with E-state index >= 15 is 0 Å². The number of thiophene rings is 1. The lowest BCUT2D eigenvalue weighted by atomic mass is 10.0. The van der Waals surface area contributed by atoms with E-state index in [0.717, 1.165) is 26.2 Å². The van der Waals surface area contributed by atoms with Crippen LogP contribution in [0.2, 0.25) is 0 Å². The number of carboxylic acid groups (broad SMARTS) is 1. The van der Waals surface area contributed by atoms with Gasteiger partial charge in [0, 0.05) is 22.0 Å². The van der Waals surface area contributed by atoms with Gasteiger partial charge in [-0.1, -0.05) is 12.1 Å². The lowest BCUT2D eigenvalue weighted by Gasteiger charge is -2.03.